The Morgan fingerprint density at radius 3 is 1.55 bits per heavy atom. The molecule has 0 atom stereocenters. The van der Waals surface area contributed by atoms with Crippen LogP contribution in [0.25, 0.3) is 0 Å². The Bertz CT molecular complexity index is 109. The molecule has 0 heterocycles. The molecule has 0 bridgehead atoms. The van der Waals surface area contributed by atoms with Crippen molar-refractivity contribution in [3.05, 3.63) is 0 Å². The van der Waals surface area contributed by atoms with Crippen molar-refractivity contribution in [1.29, 1.82) is 0 Å². The van der Waals surface area contributed by atoms with Crippen molar-refractivity contribution in [2.24, 2.45) is 0 Å². The molecule has 0 spiro atoms. The van der Waals surface area contributed by atoms with Crippen molar-refractivity contribution in [1.82, 2.24) is 0 Å². The second kappa shape index (κ2) is 12.3. The summed E-state index contributed by atoms with van der Waals surface area (Å²) >= 11 is 0. The van der Waals surface area contributed by atoms with E-state index in [2.05, 4.69) is 0 Å². The van der Waals surface area contributed by atoms with Crippen molar-refractivity contribution in [2.75, 3.05) is 0 Å². The SMILES string of the molecule is CC(=O)O.CCCC(=O)O.[Ti]. The summed E-state index contributed by atoms with van der Waals surface area (Å²) in [5.41, 5.74) is 0. The average molecular weight is 196 g/mol. The molecule has 0 amide bonds. The van der Waals surface area contributed by atoms with Crippen LogP contribution < -0.4 is 0 Å². The minimum atomic E-state index is -0.833. The van der Waals surface area contributed by atoms with Crippen LogP contribution >= 0.6 is 0 Å². The maximum Gasteiger partial charge on any atom is 0.303 e. The number of hydrogen-bond acceptors (Lipinski definition) is 2. The molecule has 0 radical (unpaired) electrons. The molecule has 0 aromatic rings. The summed E-state index contributed by atoms with van der Waals surface area (Å²) < 4.78 is 0. The molecule has 2 N–H and O–H groups in total. The molecule has 11 heavy (non-hydrogen) atoms. The molecule has 64 valence electrons. The summed E-state index contributed by atoms with van der Waals surface area (Å²) in [5.74, 6) is -1.54. The van der Waals surface area contributed by atoms with E-state index in [0.29, 0.717) is 6.42 Å². The van der Waals surface area contributed by atoms with E-state index in [0.717, 1.165) is 13.3 Å². The summed E-state index contributed by atoms with van der Waals surface area (Å²) in [6, 6.07) is 0. The maximum atomic E-state index is 9.60. The van der Waals surface area contributed by atoms with Gasteiger partial charge >= 0.3 is 5.97 Å². The van der Waals surface area contributed by atoms with Crippen molar-refractivity contribution in [3.63, 3.8) is 0 Å². The van der Waals surface area contributed by atoms with Crippen LogP contribution in [0.2, 0.25) is 0 Å². The van der Waals surface area contributed by atoms with E-state index in [-0.39, 0.29) is 21.7 Å². The molecule has 0 aromatic carbocycles. The molecular weight excluding hydrogens is 184 g/mol. The Balaban J connectivity index is -0.000000114. The van der Waals surface area contributed by atoms with Gasteiger partial charge in [-0.15, -0.1) is 0 Å². The molecule has 0 rings (SSSR count). The Morgan fingerprint density at radius 2 is 1.55 bits per heavy atom. The zero-order valence-corrected chi connectivity index (χ0v) is 8.19. The van der Waals surface area contributed by atoms with Gasteiger partial charge in [0.25, 0.3) is 5.97 Å². The summed E-state index contributed by atoms with van der Waals surface area (Å²) in [4.78, 5) is 18.6. The fourth-order valence-electron chi connectivity index (χ4n) is 0.214. The van der Waals surface area contributed by atoms with Gasteiger partial charge in [0, 0.05) is 35.1 Å². The number of carbonyl (C=O) groups is 2. The molecule has 4 nitrogen and oxygen atoms in total. The number of carboxylic acid groups (broad SMARTS) is 2. The van der Waals surface area contributed by atoms with Gasteiger partial charge in [0.2, 0.25) is 0 Å². The first-order valence-corrected chi connectivity index (χ1v) is 2.92. The van der Waals surface area contributed by atoms with Gasteiger partial charge in [0.15, 0.2) is 0 Å². The van der Waals surface area contributed by atoms with Gasteiger partial charge in [-0.25, -0.2) is 0 Å². The second-order valence-electron chi connectivity index (χ2n) is 1.66. The van der Waals surface area contributed by atoms with Crippen molar-refractivity contribution < 1.29 is 41.5 Å². The van der Waals surface area contributed by atoms with E-state index in [4.69, 9.17) is 15.0 Å². The molecule has 0 aliphatic rings. The van der Waals surface area contributed by atoms with Gasteiger partial charge in [-0.1, -0.05) is 6.92 Å². The quantitative estimate of drug-likeness (QED) is 0.645. The summed E-state index contributed by atoms with van der Waals surface area (Å²) in [6.07, 6.45) is 1.02. The Morgan fingerprint density at radius 1 is 1.27 bits per heavy atom. The van der Waals surface area contributed by atoms with E-state index in [1.165, 1.54) is 0 Å². The molecule has 0 unspecified atom stereocenters. The van der Waals surface area contributed by atoms with Crippen LogP contribution in [-0.2, 0) is 31.3 Å². The van der Waals surface area contributed by atoms with E-state index in [1.807, 2.05) is 6.92 Å². The Kier molecular flexibility index (Phi) is 19.0. The molecular formula is C6H12O4Ti. The third kappa shape index (κ3) is 80.3. The van der Waals surface area contributed by atoms with E-state index in [1.54, 1.807) is 0 Å². The normalized spacial score (nSPS) is 6.73. The minimum absolute atomic E-state index is 0. The zero-order chi connectivity index (χ0) is 8.57. The van der Waals surface area contributed by atoms with Crippen LogP contribution in [0.4, 0.5) is 0 Å². The number of carboxylic acids is 2. The smallest absolute Gasteiger partial charge is 0.303 e. The molecule has 0 saturated carbocycles. The van der Waals surface area contributed by atoms with Gasteiger partial charge in [-0.3, -0.25) is 9.59 Å². The molecule has 0 aromatic heterocycles. The Hall–Kier alpha value is -0.346. The largest absolute Gasteiger partial charge is 0.481 e. The van der Waals surface area contributed by atoms with Gasteiger partial charge in [-0.05, 0) is 6.42 Å². The first-order chi connectivity index (χ1) is 4.50. The van der Waals surface area contributed by atoms with Crippen LogP contribution in [0.5, 0.6) is 0 Å². The second-order valence-corrected chi connectivity index (χ2v) is 1.66. The molecule has 0 fully saturated rings. The van der Waals surface area contributed by atoms with Crippen LogP contribution in [0.3, 0.4) is 0 Å². The number of hydrogen-bond donors (Lipinski definition) is 2. The zero-order valence-electron chi connectivity index (χ0n) is 6.63. The fourth-order valence-corrected chi connectivity index (χ4v) is 0.214. The van der Waals surface area contributed by atoms with Crippen molar-refractivity contribution in [3.8, 4) is 0 Å². The van der Waals surface area contributed by atoms with Gasteiger partial charge < -0.3 is 10.2 Å². The maximum absolute atomic E-state index is 9.60. The van der Waals surface area contributed by atoms with E-state index in [9.17, 15) is 4.79 Å². The summed E-state index contributed by atoms with van der Waals surface area (Å²) in [7, 11) is 0. The predicted octanol–water partition coefficient (Wildman–Crippen LogP) is 0.960. The summed E-state index contributed by atoms with van der Waals surface area (Å²) in [5, 5.41) is 15.3. The third-order valence-corrected chi connectivity index (χ3v) is 0.464. The van der Waals surface area contributed by atoms with Gasteiger partial charge in [0.05, 0.1) is 0 Å². The van der Waals surface area contributed by atoms with E-state index < -0.39 is 11.9 Å². The fraction of sp³-hybridized carbons (Fsp3) is 0.667. The molecule has 0 aliphatic carbocycles. The van der Waals surface area contributed by atoms with Gasteiger partial charge in [-0.2, -0.15) is 0 Å². The van der Waals surface area contributed by atoms with Crippen molar-refractivity contribution >= 4 is 11.9 Å². The molecule has 5 heteroatoms. The van der Waals surface area contributed by atoms with Gasteiger partial charge in [0.1, 0.15) is 0 Å². The number of rotatable bonds is 2. The topological polar surface area (TPSA) is 74.6 Å². The minimum Gasteiger partial charge on any atom is -0.481 e. The van der Waals surface area contributed by atoms with Crippen LogP contribution in [0, 0.1) is 0 Å². The van der Waals surface area contributed by atoms with Crippen LogP contribution in [0.1, 0.15) is 26.7 Å². The summed E-state index contributed by atoms with van der Waals surface area (Å²) in [6.45, 7) is 2.92. The van der Waals surface area contributed by atoms with Crippen molar-refractivity contribution in [2.45, 2.75) is 26.7 Å². The molecule has 0 saturated heterocycles. The average Bonchev–Trinajstić information content (AvgIpc) is 1.62. The number of aliphatic carboxylic acids is 2. The van der Waals surface area contributed by atoms with Crippen LogP contribution in [-0.4, -0.2) is 22.2 Å². The van der Waals surface area contributed by atoms with Crippen LogP contribution in [0.15, 0.2) is 0 Å². The predicted molar refractivity (Wildman–Crippen MR) is 35.9 cm³/mol. The first-order valence-electron chi connectivity index (χ1n) is 2.92. The monoisotopic (exact) mass is 196 g/mol. The Labute approximate surface area is 80.5 Å². The standard InChI is InChI=1S/C4H8O2.C2H4O2.Ti/c1-2-3-4(5)6;1-2(3)4;/h2-3H2,1H3,(H,5,6);1H3,(H,3,4);. The van der Waals surface area contributed by atoms with E-state index >= 15 is 0 Å². The first kappa shape index (κ1) is 16.9. The third-order valence-electron chi connectivity index (χ3n) is 0.464. The molecule has 0 aliphatic heterocycles.